The van der Waals surface area contributed by atoms with Crippen molar-refractivity contribution in [3.05, 3.63) is 71.8 Å². The third-order valence-corrected chi connectivity index (χ3v) is 7.59. The standard InChI is InChI=1S/C26H34N2O/c1-3-9-23(10-4-1)21-27-16-18-28(19-17-27)26(24-11-5-2-6-12-24)15-20-29-25(22-26)13-7-8-14-25/h1-6,9-12H,7-8,13-22H2. The fourth-order valence-electron chi connectivity index (χ4n) is 6.07. The number of nitrogens with zero attached hydrogens (tertiary/aromatic N) is 2. The molecular formula is C26H34N2O. The molecule has 1 aliphatic carbocycles. The molecule has 1 spiro atoms. The van der Waals surface area contributed by atoms with E-state index in [1.165, 1.54) is 43.2 Å². The maximum absolute atomic E-state index is 6.46. The molecule has 1 saturated carbocycles. The maximum Gasteiger partial charge on any atom is 0.0703 e. The van der Waals surface area contributed by atoms with Crippen LogP contribution in [0.3, 0.4) is 0 Å². The summed E-state index contributed by atoms with van der Waals surface area (Å²) in [4.78, 5) is 5.43. The summed E-state index contributed by atoms with van der Waals surface area (Å²) in [5.41, 5.74) is 3.19. The molecule has 29 heavy (non-hydrogen) atoms. The zero-order chi connectivity index (χ0) is 19.6. The van der Waals surface area contributed by atoms with Crippen LogP contribution < -0.4 is 0 Å². The first-order valence-electron chi connectivity index (χ1n) is 11.5. The summed E-state index contributed by atoms with van der Waals surface area (Å²) in [7, 11) is 0. The van der Waals surface area contributed by atoms with E-state index in [4.69, 9.17) is 4.74 Å². The second-order valence-corrected chi connectivity index (χ2v) is 9.31. The van der Waals surface area contributed by atoms with E-state index < -0.39 is 0 Å². The number of piperazine rings is 1. The fraction of sp³-hybridized carbons (Fsp3) is 0.538. The first-order chi connectivity index (χ1) is 14.3. The van der Waals surface area contributed by atoms with E-state index in [9.17, 15) is 0 Å². The minimum Gasteiger partial charge on any atom is -0.375 e. The van der Waals surface area contributed by atoms with Crippen molar-refractivity contribution in [2.75, 3.05) is 32.8 Å². The van der Waals surface area contributed by atoms with Crippen molar-refractivity contribution >= 4 is 0 Å². The molecule has 3 heteroatoms. The number of benzene rings is 2. The monoisotopic (exact) mass is 390 g/mol. The van der Waals surface area contributed by atoms with Gasteiger partial charge in [0.15, 0.2) is 0 Å². The molecule has 3 nitrogen and oxygen atoms in total. The Morgan fingerprint density at radius 2 is 1.41 bits per heavy atom. The second kappa shape index (κ2) is 8.22. The van der Waals surface area contributed by atoms with Gasteiger partial charge in [-0.2, -0.15) is 0 Å². The predicted octanol–water partition coefficient (Wildman–Crippen LogP) is 4.82. The Hall–Kier alpha value is -1.68. The van der Waals surface area contributed by atoms with Crippen LogP contribution in [0.1, 0.15) is 49.7 Å². The Kier molecular flexibility index (Phi) is 5.47. The first-order valence-corrected chi connectivity index (χ1v) is 11.5. The smallest absolute Gasteiger partial charge is 0.0703 e. The summed E-state index contributed by atoms with van der Waals surface area (Å²) >= 11 is 0. The number of ether oxygens (including phenoxy) is 1. The molecule has 3 fully saturated rings. The summed E-state index contributed by atoms with van der Waals surface area (Å²) in [5, 5.41) is 0. The average molecular weight is 391 g/mol. The topological polar surface area (TPSA) is 15.7 Å². The van der Waals surface area contributed by atoms with E-state index in [1.807, 2.05) is 0 Å². The Labute approximate surface area is 175 Å². The van der Waals surface area contributed by atoms with Gasteiger partial charge in [-0.1, -0.05) is 73.5 Å². The van der Waals surface area contributed by atoms with E-state index in [1.54, 1.807) is 0 Å². The van der Waals surface area contributed by atoms with E-state index in [0.717, 1.165) is 45.8 Å². The van der Waals surface area contributed by atoms with Gasteiger partial charge in [0.25, 0.3) is 0 Å². The highest BCUT2D eigenvalue weighted by molar-refractivity contribution is 5.27. The molecule has 0 N–H and O–H groups in total. The lowest BCUT2D eigenvalue weighted by molar-refractivity contribution is -0.145. The van der Waals surface area contributed by atoms with Gasteiger partial charge in [0.05, 0.1) is 11.1 Å². The normalized spacial score (nSPS) is 28.0. The summed E-state index contributed by atoms with van der Waals surface area (Å²) < 4.78 is 6.46. The molecular weight excluding hydrogens is 356 g/mol. The zero-order valence-corrected chi connectivity index (χ0v) is 17.6. The predicted molar refractivity (Wildman–Crippen MR) is 118 cm³/mol. The second-order valence-electron chi connectivity index (χ2n) is 9.31. The van der Waals surface area contributed by atoms with Crippen molar-refractivity contribution in [3.8, 4) is 0 Å². The van der Waals surface area contributed by atoms with Gasteiger partial charge < -0.3 is 4.74 Å². The van der Waals surface area contributed by atoms with Crippen LogP contribution in [-0.2, 0) is 16.8 Å². The van der Waals surface area contributed by atoms with Crippen molar-refractivity contribution < 1.29 is 4.74 Å². The van der Waals surface area contributed by atoms with Crippen LogP contribution in [0.2, 0.25) is 0 Å². The lowest BCUT2D eigenvalue weighted by Crippen LogP contribution is -2.60. The van der Waals surface area contributed by atoms with Gasteiger partial charge in [0.1, 0.15) is 0 Å². The van der Waals surface area contributed by atoms with Crippen LogP contribution in [-0.4, -0.2) is 48.2 Å². The summed E-state index contributed by atoms with van der Waals surface area (Å²) in [5.74, 6) is 0. The molecule has 3 aliphatic rings. The highest BCUT2D eigenvalue weighted by Crippen LogP contribution is 2.50. The van der Waals surface area contributed by atoms with Gasteiger partial charge >= 0.3 is 0 Å². The quantitative estimate of drug-likeness (QED) is 0.744. The van der Waals surface area contributed by atoms with Crippen molar-refractivity contribution in [3.63, 3.8) is 0 Å². The molecule has 2 aromatic carbocycles. The lowest BCUT2D eigenvalue weighted by atomic mass is 9.73. The minimum absolute atomic E-state index is 0.120. The van der Waals surface area contributed by atoms with Crippen LogP contribution in [0.25, 0.3) is 0 Å². The molecule has 0 radical (unpaired) electrons. The van der Waals surface area contributed by atoms with Crippen LogP contribution in [0.15, 0.2) is 60.7 Å². The average Bonchev–Trinajstić information content (AvgIpc) is 3.23. The molecule has 1 unspecified atom stereocenters. The number of hydrogen-bond acceptors (Lipinski definition) is 3. The summed E-state index contributed by atoms with van der Waals surface area (Å²) in [6, 6.07) is 22.2. The highest BCUT2D eigenvalue weighted by Gasteiger charge is 2.51. The van der Waals surface area contributed by atoms with Crippen LogP contribution >= 0.6 is 0 Å². The zero-order valence-electron chi connectivity index (χ0n) is 17.6. The van der Waals surface area contributed by atoms with Crippen molar-refractivity contribution in [2.45, 2.75) is 56.2 Å². The van der Waals surface area contributed by atoms with E-state index in [2.05, 4.69) is 70.5 Å². The van der Waals surface area contributed by atoms with Gasteiger partial charge in [0, 0.05) is 39.3 Å². The van der Waals surface area contributed by atoms with Gasteiger partial charge in [0.2, 0.25) is 0 Å². The molecule has 0 bridgehead atoms. The first kappa shape index (κ1) is 19.3. The van der Waals surface area contributed by atoms with E-state index >= 15 is 0 Å². The van der Waals surface area contributed by atoms with Crippen LogP contribution in [0.5, 0.6) is 0 Å². The maximum atomic E-state index is 6.46. The van der Waals surface area contributed by atoms with Crippen molar-refractivity contribution in [1.29, 1.82) is 0 Å². The lowest BCUT2D eigenvalue weighted by Gasteiger charge is -2.54. The van der Waals surface area contributed by atoms with E-state index in [0.29, 0.717) is 0 Å². The SMILES string of the molecule is c1ccc(CN2CCN(C3(c4ccccc4)CCOC4(CCCC4)C3)CC2)cc1. The fourth-order valence-corrected chi connectivity index (χ4v) is 6.07. The van der Waals surface area contributed by atoms with Crippen molar-refractivity contribution in [2.24, 2.45) is 0 Å². The molecule has 2 aromatic rings. The van der Waals surface area contributed by atoms with Gasteiger partial charge in [-0.05, 0) is 36.8 Å². The van der Waals surface area contributed by atoms with Gasteiger partial charge in [-0.15, -0.1) is 0 Å². The Morgan fingerprint density at radius 3 is 2.10 bits per heavy atom. The van der Waals surface area contributed by atoms with Gasteiger partial charge in [-0.25, -0.2) is 0 Å². The third-order valence-electron chi connectivity index (χ3n) is 7.59. The summed E-state index contributed by atoms with van der Waals surface area (Å²) in [6.07, 6.45) is 7.44. The molecule has 154 valence electrons. The Morgan fingerprint density at radius 1 is 0.759 bits per heavy atom. The number of hydrogen-bond donors (Lipinski definition) is 0. The van der Waals surface area contributed by atoms with Crippen molar-refractivity contribution in [1.82, 2.24) is 9.80 Å². The Balaban J connectivity index is 1.35. The largest absolute Gasteiger partial charge is 0.375 e. The Bertz CT molecular complexity index is 779. The number of rotatable bonds is 4. The summed E-state index contributed by atoms with van der Waals surface area (Å²) in [6.45, 7) is 6.57. The van der Waals surface area contributed by atoms with Crippen LogP contribution in [0, 0.1) is 0 Å². The molecule has 0 amide bonds. The van der Waals surface area contributed by atoms with E-state index in [-0.39, 0.29) is 11.1 Å². The highest BCUT2D eigenvalue weighted by atomic mass is 16.5. The van der Waals surface area contributed by atoms with Gasteiger partial charge in [-0.3, -0.25) is 9.80 Å². The molecule has 2 heterocycles. The minimum atomic E-state index is 0.120. The molecule has 1 atom stereocenters. The molecule has 2 saturated heterocycles. The molecule has 5 rings (SSSR count). The van der Waals surface area contributed by atoms with Crippen LogP contribution in [0.4, 0.5) is 0 Å². The molecule has 2 aliphatic heterocycles. The third kappa shape index (κ3) is 3.88. The molecule has 0 aromatic heterocycles.